The smallest absolute Gasteiger partial charge is 0.302 e. The van der Waals surface area contributed by atoms with Crippen LogP contribution in [0.5, 0.6) is 5.75 Å². The first-order chi connectivity index (χ1) is 13.7. The number of carbonyl (C=O) groups excluding carboxylic acids is 2. The number of fused-ring (bicyclic) bond motifs is 5. The number of benzene rings is 1. The Morgan fingerprint density at radius 2 is 2.00 bits per heavy atom. The summed E-state index contributed by atoms with van der Waals surface area (Å²) >= 11 is 0. The second-order valence-corrected chi connectivity index (χ2v) is 9.18. The van der Waals surface area contributed by atoms with Gasteiger partial charge in [-0.15, -0.1) is 0 Å². The number of hydrogen-bond donors (Lipinski definition) is 2. The van der Waals surface area contributed by atoms with Crippen LogP contribution in [0.25, 0.3) is 0 Å². The molecule has 1 aromatic carbocycles. The van der Waals surface area contributed by atoms with Gasteiger partial charge < -0.3 is 19.9 Å². The summed E-state index contributed by atoms with van der Waals surface area (Å²) in [6.07, 6.45) is 3.40. The lowest BCUT2D eigenvalue weighted by atomic mass is 9.52. The predicted molar refractivity (Wildman–Crippen MR) is 108 cm³/mol. The lowest BCUT2D eigenvalue weighted by molar-refractivity contribution is -0.187. The Hall–Kier alpha value is -2.08. The molecule has 4 rings (SSSR count). The monoisotopic (exact) mass is 401 g/mol. The molecule has 1 amide bonds. The predicted octanol–water partition coefficient (Wildman–Crippen LogP) is 2.71. The van der Waals surface area contributed by atoms with Crippen LogP contribution in [0.3, 0.4) is 0 Å². The minimum absolute atomic E-state index is 0.000414. The van der Waals surface area contributed by atoms with Gasteiger partial charge >= 0.3 is 5.97 Å². The van der Waals surface area contributed by atoms with Crippen molar-refractivity contribution in [3.8, 4) is 5.75 Å². The van der Waals surface area contributed by atoms with Crippen LogP contribution in [-0.4, -0.2) is 41.8 Å². The van der Waals surface area contributed by atoms with Crippen LogP contribution < -0.4 is 10.1 Å². The largest absolute Gasteiger partial charge is 0.497 e. The van der Waals surface area contributed by atoms with Gasteiger partial charge in [0.1, 0.15) is 11.9 Å². The molecule has 3 aliphatic rings. The van der Waals surface area contributed by atoms with Gasteiger partial charge in [0.2, 0.25) is 5.91 Å². The maximum Gasteiger partial charge on any atom is 0.302 e. The Bertz CT molecular complexity index is 839. The van der Waals surface area contributed by atoms with Crippen molar-refractivity contribution in [3.63, 3.8) is 0 Å². The fourth-order valence-electron chi connectivity index (χ4n) is 6.50. The third-order valence-electron chi connectivity index (χ3n) is 7.79. The Balaban J connectivity index is 1.75. The lowest BCUT2D eigenvalue weighted by Gasteiger charge is -2.57. The summed E-state index contributed by atoms with van der Waals surface area (Å²) in [7, 11) is 1.67. The van der Waals surface area contributed by atoms with Crippen LogP contribution in [0.1, 0.15) is 63.5 Å². The normalized spacial score (nSPS) is 37.7. The van der Waals surface area contributed by atoms with Crippen LogP contribution in [0.15, 0.2) is 18.2 Å². The maximum absolute atomic E-state index is 12.3. The average Bonchev–Trinajstić information content (AvgIpc) is 2.88. The molecule has 1 aromatic rings. The van der Waals surface area contributed by atoms with Crippen molar-refractivity contribution in [1.82, 2.24) is 5.32 Å². The van der Waals surface area contributed by atoms with Gasteiger partial charge in [-0.25, -0.2) is 0 Å². The molecule has 6 heteroatoms. The number of aliphatic hydroxyl groups is 1. The topological polar surface area (TPSA) is 84.9 Å². The van der Waals surface area contributed by atoms with Crippen LogP contribution in [-0.2, 0) is 20.7 Å². The molecule has 0 bridgehead atoms. The van der Waals surface area contributed by atoms with Crippen molar-refractivity contribution in [2.75, 3.05) is 7.11 Å². The quantitative estimate of drug-likeness (QED) is 0.761. The van der Waals surface area contributed by atoms with Crippen LogP contribution in [0.2, 0.25) is 0 Å². The highest BCUT2D eigenvalue weighted by Gasteiger charge is 2.69. The zero-order valence-electron chi connectivity index (χ0n) is 17.7. The summed E-state index contributed by atoms with van der Waals surface area (Å²) in [4.78, 5) is 23.7. The first-order valence-corrected chi connectivity index (χ1v) is 10.5. The third kappa shape index (κ3) is 2.95. The van der Waals surface area contributed by atoms with E-state index in [1.165, 1.54) is 25.0 Å². The van der Waals surface area contributed by atoms with Crippen molar-refractivity contribution >= 4 is 11.9 Å². The summed E-state index contributed by atoms with van der Waals surface area (Å²) in [5, 5.41) is 15.2. The van der Waals surface area contributed by atoms with Crippen molar-refractivity contribution in [2.45, 2.75) is 76.5 Å². The van der Waals surface area contributed by atoms with E-state index in [-0.39, 0.29) is 23.7 Å². The number of methoxy groups -OCH3 is 1. The molecular formula is C23H31NO5. The van der Waals surface area contributed by atoms with E-state index in [2.05, 4.69) is 17.4 Å². The first-order valence-electron chi connectivity index (χ1n) is 10.5. The molecule has 0 radical (unpaired) electrons. The Morgan fingerprint density at radius 1 is 1.24 bits per heavy atom. The van der Waals surface area contributed by atoms with Gasteiger partial charge in [0.15, 0.2) is 0 Å². The number of amides is 1. The minimum Gasteiger partial charge on any atom is -0.497 e. The molecule has 0 heterocycles. The van der Waals surface area contributed by atoms with Crippen molar-refractivity contribution in [2.24, 2.45) is 11.3 Å². The second-order valence-electron chi connectivity index (χ2n) is 9.18. The zero-order valence-corrected chi connectivity index (χ0v) is 17.7. The highest BCUT2D eigenvalue weighted by Crippen LogP contribution is 2.63. The van der Waals surface area contributed by atoms with Gasteiger partial charge in [0.25, 0.3) is 0 Å². The molecule has 0 aliphatic heterocycles. The summed E-state index contributed by atoms with van der Waals surface area (Å²) in [5.74, 6) is 0.561. The number of hydrogen-bond acceptors (Lipinski definition) is 5. The molecule has 6 unspecified atom stereocenters. The molecule has 29 heavy (non-hydrogen) atoms. The summed E-state index contributed by atoms with van der Waals surface area (Å²) in [6.45, 7) is 4.91. The molecule has 0 aromatic heterocycles. The van der Waals surface area contributed by atoms with Gasteiger partial charge in [-0.05, 0) is 60.8 Å². The first kappa shape index (κ1) is 20.2. The van der Waals surface area contributed by atoms with E-state index >= 15 is 0 Å². The Labute approximate surface area is 172 Å². The van der Waals surface area contributed by atoms with E-state index in [0.29, 0.717) is 6.42 Å². The van der Waals surface area contributed by atoms with Crippen LogP contribution in [0.4, 0.5) is 0 Å². The van der Waals surface area contributed by atoms with Crippen molar-refractivity contribution < 1.29 is 24.2 Å². The number of ether oxygens (including phenoxy) is 2. The van der Waals surface area contributed by atoms with Gasteiger partial charge in [0, 0.05) is 25.7 Å². The molecule has 2 fully saturated rings. The van der Waals surface area contributed by atoms with Crippen molar-refractivity contribution in [3.05, 3.63) is 29.3 Å². The average molecular weight is 402 g/mol. The number of carbonyl (C=O) groups is 2. The molecular weight excluding hydrogens is 370 g/mol. The van der Waals surface area contributed by atoms with Gasteiger partial charge in [0.05, 0.1) is 18.8 Å². The van der Waals surface area contributed by atoms with E-state index in [1.54, 1.807) is 7.11 Å². The van der Waals surface area contributed by atoms with E-state index in [4.69, 9.17) is 9.47 Å². The summed E-state index contributed by atoms with van der Waals surface area (Å²) < 4.78 is 11.1. The van der Waals surface area contributed by atoms with Gasteiger partial charge in [-0.3, -0.25) is 9.59 Å². The molecule has 3 aliphatic carbocycles. The highest BCUT2D eigenvalue weighted by molar-refractivity contribution is 5.73. The SMILES string of the molecule is COc1ccc2c(c1)CCC1C2CCC2(C)C(OC(C)=O)CC(NC(C)=O)C12O. The summed E-state index contributed by atoms with van der Waals surface area (Å²) in [6, 6.07) is 5.79. The molecule has 2 N–H and O–H groups in total. The van der Waals surface area contributed by atoms with E-state index < -0.39 is 23.2 Å². The minimum atomic E-state index is -1.13. The fourth-order valence-corrected chi connectivity index (χ4v) is 6.50. The molecule has 2 saturated carbocycles. The Morgan fingerprint density at radius 3 is 2.66 bits per heavy atom. The number of nitrogens with one attached hydrogen (secondary N) is 1. The molecule has 6 atom stereocenters. The maximum atomic E-state index is 12.3. The number of aryl methyl sites for hydroxylation is 1. The van der Waals surface area contributed by atoms with Crippen molar-refractivity contribution in [1.29, 1.82) is 0 Å². The molecule has 6 nitrogen and oxygen atoms in total. The number of rotatable bonds is 3. The van der Waals surface area contributed by atoms with Crippen LogP contribution >= 0.6 is 0 Å². The second kappa shape index (κ2) is 7.01. The summed E-state index contributed by atoms with van der Waals surface area (Å²) in [5.41, 5.74) is 0.842. The van der Waals surface area contributed by atoms with E-state index in [1.807, 2.05) is 13.0 Å². The molecule has 158 valence electrons. The Kier molecular flexibility index (Phi) is 4.88. The number of esters is 1. The molecule has 0 saturated heterocycles. The highest BCUT2D eigenvalue weighted by atomic mass is 16.5. The third-order valence-corrected chi connectivity index (χ3v) is 7.79. The lowest BCUT2D eigenvalue weighted by Crippen LogP contribution is -2.65. The zero-order chi connectivity index (χ0) is 21.0. The standard InChI is InChI=1S/C23H31NO5/c1-13(25)24-20-12-21(29-14(2)26)22(3)10-9-18-17-7-6-16(28-4)11-15(17)5-8-19(18)23(20,22)27/h6-7,11,18-21,27H,5,8-10,12H2,1-4H3,(H,24,25). The van der Waals surface area contributed by atoms with Gasteiger partial charge in [-0.1, -0.05) is 13.0 Å². The fraction of sp³-hybridized carbons (Fsp3) is 0.652. The van der Waals surface area contributed by atoms with E-state index in [9.17, 15) is 14.7 Å². The van der Waals surface area contributed by atoms with Crippen LogP contribution in [0, 0.1) is 11.3 Å². The van der Waals surface area contributed by atoms with E-state index in [0.717, 1.165) is 31.4 Å². The molecule has 0 spiro atoms. The van der Waals surface area contributed by atoms with Gasteiger partial charge in [-0.2, -0.15) is 0 Å².